The lowest BCUT2D eigenvalue weighted by molar-refractivity contribution is -0.385. The molecule has 0 spiro atoms. The highest BCUT2D eigenvalue weighted by Gasteiger charge is 2.14. The summed E-state index contributed by atoms with van der Waals surface area (Å²) < 4.78 is 6.17. The van der Waals surface area contributed by atoms with Crippen molar-refractivity contribution in [3.63, 3.8) is 0 Å². The van der Waals surface area contributed by atoms with Crippen LogP contribution in [0.3, 0.4) is 0 Å². The minimum atomic E-state index is -0.522. The molecule has 0 amide bonds. The van der Waals surface area contributed by atoms with Gasteiger partial charge < -0.3 is 4.74 Å². The van der Waals surface area contributed by atoms with Gasteiger partial charge in [-0.1, -0.05) is 36.4 Å². The number of halogens is 1. The third kappa shape index (κ3) is 4.79. The van der Waals surface area contributed by atoms with Crippen LogP contribution in [-0.2, 0) is 0 Å². The molecule has 8 nitrogen and oxygen atoms in total. The van der Waals surface area contributed by atoms with Crippen LogP contribution in [0.15, 0.2) is 88.6 Å². The SMILES string of the molecule is O=C(Oc1ccc(/C=N\Nc2ccc([N+](=O)[O-])cn2)cc1Br)c1cccc2ccccc12. The van der Waals surface area contributed by atoms with E-state index in [9.17, 15) is 14.9 Å². The number of rotatable bonds is 6. The normalized spacial score (nSPS) is 10.9. The standard InChI is InChI=1S/C23H15BrN4O4/c24-20-12-15(13-26-27-22-11-9-17(14-25-22)28(30)31)8-10-21(20)32-23(29)19-7-3-5-16-4-1-2-6-18(16)19/h1-14H,(H,25,27)/b26-13-. The van der Waals surface area contributed by atoms with E-state index in [1.807, 2.05) is 36.4 Å². The summed E-state index contributed by atoms with van der Waals surface area (Å²) in [6.07, 6.45) is 2.69. The van der Waals surface area contributed by atoms with E-state index in [-0.39, 0.29) is 5.69 Å². The Kier molecular flexibility index (Phi) is 6.18. The lowest BCUT2D eigenvalue weighted by Gasteiger charge is -2.09. The summed E-state index contributed by atoms with van der Waals surface area (Å²) >= 11 is 3.42. The summed E-state index contributed by atoms with van der Waals surface area (Å²) in [7, 11) is 0. The number of esters is 1. The quantitative estimate of drug-likeness (QED) is 0.124. The van der Waals surface area contributed by atoms with E-state index in [0.717, 1.165) is 22.5 Å². The fourth-order valence-corrected chi connectivity index (χ4v) is 3.45. The first-order chi connectivity index (χ1) is 15.5. The molecular weight excluding hydrogens is 476 g/mol. The van der Waals surface area contributed by atoms with E-state index in [4.69, 9.17) is 4.74 Å². The molecule has 4 aromatic rings. The number of carbonyl (C=O) groups is 1. The van der Waals surface area contributed by atoms with Crippen LogP contribution in [0.25, 0.3) is 10.8 Å². The van der Waals surface area contributed by atoms with E-state index in [1.54, 1.807) is 30.5 Å². The topological polar surface area (TPSA) is 107 Å². The molecule has 0 unspecified atom stereocenters. The molecule has 0 aliphatic carbocycles. The third-order valence-electron chi connectivity index (χ3n) is 4.52. The average Bonchev–Trinajstić information content (AvgIpc) is 2.80. The van der Waals surface area contributed by atoms with Crippen molar-refractivity contribution in [3.05, 3.63) is 105 Å². The van der Waals surface area contributed by atoms with Crippen LogP contribution in [0.4, 0.5) is 11.5 Å². The second kappa shape index (κ2) is 9.36. The molecule has 0 saturated carbocycles. The van der Waals surface area contributed by atoms with Gasteiger partial charge in [0.25, 0.3) is 5.69 Å². The number of pyridine rings is 1. The molecule has 9 heteroatoms. The van der Waals surface area contributed by atoms with Crippen LogP contribution >= 0.6 is 15.9 Å². The second-order valence-electron chi connectivity index (χ2n) is 6.63. The maximum absolute atomic E-state index is 12.7. The molecule has 1 heterocycles. The molecule has 32 heavy (non-hydrogen) atoms. The summed E-state index contributed by atoms with van der Waals surface area (Å²) in [4.78, 5) is 26.8. The highest BCUT2D eigenvalue weighted by Crippen LogP contribution is 2.28. The number of aromatic nitrogens is 1. The Hall–Kier alpha value is -4.11. The Labute approximate surface area is 190 Å². The van der Waals surface area contributed by atoms with Crippen molar-refractivity contribution < 1.29 is 14.5 Å². The lowest BCUT2D eigenvalue weighted by atomic mass is 10.0. The first kappa shape index (κ1) is 21.1. The predicted octanol–water partition coefficient (Wildman–Crippen LogP) is 5.57. The molecule has 0 bridgehead atoms. The van der Waals surface area contributed by atoms with Crippen LogP contribution in [0.5, 0.6) is 5.75 Å². The van der Waals surface area contributed by atoms with Crippen molar-refractivity contribution >= 4 is 50.4 Å². The Morgan fingerprint density at radius 1 is 1.09 bits per heavy atom. The van der Waals surface area contributed by atoms with Gasteiger partial charge in [-0.3, -0.25) is 15.5 Å². The third-order valence-corrected chi connectivity index (χ3v) is 5.14. The first-order valence-electron chi connectivity index (χ1n) is 9.40. The smallest absolute Gasteiger partial charge is 0.344 e. The predicted molar refractivity (Wildman–Crippen MR) is 125 cm³/mol. The monoisotopic (exact) mass is 490 g/mol. The molecule has 3 aromatic carbocycles. The number of carbonyl (C=O) groups excluding carboxylic acids is 1. The number of ether oxygens (including phenoxy) is 1. The zero-order valence-corrected chi connectivity index (χ0v) is 18.0. The van der Waals surface area contributed by atoms with Gasteiger partial charge in [-0.05, 0) is 62.6 Å². The zero-order valence-electron chi connectivity index (χ0n) is 16.4. The van der Waals surface area contributed by atoms with Gasteiger partial charge >= 0.3 is 5.97 Å². The number of hydrazone groups is 1. The number of nitrogens with one attached hydrogen (secondary N) is 1. The number of hydrogen-bond donors (Lipinski definition) is 1. The molecule has 0 aliphatic heterocycles. The number of nitrogens with zero attached hydrogens (tertiary/aromatic N) is 3. The van der Waals surface area contributed by atoms with Gasteiger partial charge in [0.2, 0.25) is 0 Å². The van der Waals surface area contributed by atoms with Gasteiger partial charge in [0.1, 0.15) is 17.8 Å². The van der Waals surface area contributed by atoms with Crippen molar-refractivity contribution in [1.29, 1.82) is 0 Å². The Bertz CT molecular complexity index is 1330. The highest BCUT2D eigenvalue weighted by atomic mass is 79.9. The van der Waals surface area contributed by atoms with Gasteiger partial charge in [-0.15, -0.1) is 0 Å². The zero-order chi connectivity index (χ0) is 22.5. The molecule has 158 valence electrons. The second-order valence-corrected chi connectivity index (χ2v) is 7.49. The molecule has 0 saturated heterocycles. The Morgan fingerprint density at radius 3 is 2.66 bits per heavy atom. The minimum absolute atomic E-state index is 0.0999. The van der Waals surface area contributed by atoms with Crippen molar-refractivity contribution in [1.82, 2.24) is 4.98 Å². The average molecular weight is 491 g/mol. The van der Waals surface area contributed by atoms with Crippen molar-refractivity contribution in [2.45, 2.75) is 0 Å². The summed E-state index contributed by atoms with van der Waals surface area (Å²) in [6, 6.07) is 21.1. The number of nitro groups is 1. The van der Waals surface area contributed by atoms with E-state index in [2.05, 4.69) is 31.4 Å². The molecule has 0 atom stereocenters. The number of hydrogen-bond acceptors (Lipinski definition) is 7. The minimum Gasteiger partial charge on any atom is -0.422 e. The molecular formula is C23H15BrN4O4. The van der Waals surface area contributed by atoms with E-state index in [1.165, 1.54) is 12.1 Å². The summed E-state index contributed by atoms with van der Waals surface area (Å²) in [5.41, 5.74) is 3.82. The highest BCUT2D eigenvalue weighted by molar-refractivity contribution is 9.10. The van der Waals surface area contributed by atoms with E-state index >= 15 is 0 Å². The van der Waals surface area contributed by atoms with Gasteiger partial charge in [-0.25, -0.2) is 9.78 Å². The fourth-order valence-electron chi connectivity index (χ4n) is 2.97. The summed E-state index contributed by atoms with van der Waals surface area (Å²) in [6.45, 7) is 0. The van der Waals surface area contributed by atoms with Crippen LogP contribution in [0, 0.1) is 10.1 Å². The molecule has 1 aromatic heterocycles. The van der Waals surface area contributed by atoms with Crippen molar-refractivity contribution in [3.8, 4) is 5.75 Å². The summed E-state index contributed by atoms with van der Waals surface area (Å²) in [5, 5.41) is 16.5. The first-order valence-corrected chi connectivity index (χ1v) is 10.2. The van der Waals surface area contributed by atoms with Crippen molar-refractivity contribution in [2.24, 2.45) is 5.10 Å². The Balaban J connectivity index is 1.44. The lowest BCUT2D eigenvalue weighted by Crippen LogP contribution is -2.09. The van der Waals surface area contributed by atoms with Crippen LogP contribution in [0.2, 0.25) is 0 Å². The Morgan fingerprint density at radius 2 is 1.91 bits per heavy atom. The van der Waals surface area contributed by atoms with Crippen LogP contribution in [0.1, 0.15) is 15.9 Å². The number of benzene rings is 3. The van der Waals surface area contributed by atoms with E-state index < -0.39 is 10.9 Å². The maximum Gasteiger partial charge on any atom is 0.344 e. The van der Waals surface area contributed by atoms with Gasteiger partial charge in [0.05, 0.1) is 21.2 Å². The molecule has 0 aliphatic rings. The number of fused-ring (bicyclic) bond motifs is 1. The molecule has 4 rings (SSSR count). The molecule has 0 radical (unpaired) electrons. The fraction of sp³-hybridized carbons (Fsp3) is 0. The molecule has 0 fully saturated rings. The summed E-state index contributed by atoms with van der Waals surface area (Å²) in [5.74, 6) is 0.298. The van der Waals surface area contributed by atoms with E-state index in [0.29, 0.717) is 21.6 Å². The van der Waals surface area contributed by atoms with Gasteiger partial charge in [0, 0.05) is 6.07 Å². The van der Waals surface area contributed by atoms with Crippen LogP contribution < -0.4 is 10.2 Å². The van der Waals surface area contributed by atoms with Crippen LogP contribution in [-0.4, -0.2) is 22.1 Å². The largest absolute Gasteiger partial charge is 0.422 e. The van der Waals surface area contributed by atoms with Gasteiger partial charge in [0.15, 0.2) is 0 Å². The maximum atomic E-state index is 12.7. The van der Waals surface area contributed by atoms with Crippen molar-refractivity contribution in [2.75, 3.05) is 5.43 Å². The number of anilines is 1. The van der Waals surface area contributed by atoms with Gasteiger partial charge in [-0.2, -0.15) is 5.10 Å². The molecule has 1 N–H and O–H groups in total.